The third kappa shape index (κ3) is 1.95. The average molecular weight is 193 g/mol. The standard InChI is InChI=1S/C11H15NO2/c1-8-13-11(14-8)10-5-3-9(4-6-10)7-12-2/h3-6,8,11-12H,7H2,1-2H3. The predicted molar refractivity (Wildman–Crippen MR) is 53.6 cm³/mol. The minimum atomic E-state index is -0.159. The Labute approximate surface area is 84.0 Å². The molecule has 1 aromatic carbocycles. The summed E-state index contributed by atoms with van der Waals surface area (Å²) >= 11 is 0. The van der Waals surface area contributed by atoms with Crippen molar-refractivity contribution >= 4 is 0 Å². The van der Waals surface area contributed by atoms with E-state index in [9.17, 15) is 0 Å². The molecule has 0 atom stereocenters. The third-order valence-electron chi connectivity index (χ3n) is 2.26. The van der Waals surface area contributed by atoms with E-state index in [4.69, 9.17) is 9.47 Å². The summed E-state index contributed by atoms with van der Waals surface area (Å²) in [5, 5.41) is 3.11. The molecule has 76 valence electrons. The molecule has 0 aromatic heterocycles. The highest BCUT2D eigenvalue weighted by molar-refractivity contribution is 5.23. The van der Waals surface area contributed by atoms with Crippen molar-refractivity contribution in [2.24, 2.45) is 0 Å². The molecule has 3 heteroatoms. The molecule has 0 aliphatic carbocycles. The molecule has 0 saturated carbocycles. The Hall–Kier alpha value is -0.900. The number of hydrogen-bond acceptors (Lipinski definition) is 3. The molecule has 0 radical (unpaired) electrons. The van der Waals surface area contributed by atoms with Gasteiger partial charge in [-0.15, -0.1) is 0 Å². The minimum absolute atomic E-state index is 0.0583. The van der Waals surface area contributed by atoms with E-state index in [2.05, 4.69) is 17.4 Å². The van der Waals surface area contributed by atoms with Crippen LogP contribution in [-0.2, 0) is 16.0 Å². The lowest BCUT2D eigenvalue weighted by molar-refractivity contribution is -0.382. The summed E-state index contributed by atoms with van der Waals surface area (Å²) in [6.07, 6.45) is -0.217. The van der Waals surface area contributed by atoms with Gasteiger partial charge in [-0.3, -0.25) is 0 Å². The molecule has 3 nitrogen and oxygen atoms in total. The minimum Gasteiger partial charge on any atom is -0.320 e. The van der Waals surface area contributed by atoms with Crippen molar-refractivity contribution in [3.05, 3.63) is 35.4 Å². The molecule has 1 aromatic rings. The van der Waals surface area contributed by atoms with Crippen molar-refractivity contribution in [2.75, 3.05) is 7.05 Å². The van der Waals surface area contributed by atoms with Crippen molar-refractivity contribution in [3.8, 4) is 0 Å². The molecule has 0 unspecified atom stereocenters. The normalized spacial score (nSPS) is 25.9. The van der Waals surface area contributed by atoms with E-state index < -0.39 is 0 Å². The Bertz CT molecular complexity index is 291. The Balaban J connectivity index is 1.99. The Kier molecular flexibility index (Phi) is 2.82. The third-order valence-corrected chi connectivity index (χ3v) is 2.26. The molecule has 1 N–H and O–H groups in total. The van der Waals surface area contributed by atoms with Gasteiger partial charge < -0.3 is 14.8 Å². The van der Waals surface area contributed by atoms with Crippen LogP contribution in [0.15, 0.2) is 24.3 Å². The van der Waals surface area contributed by atoms with E-state index in [0.29, 0.717) is 0 Å². The van der Waals surface area contributed by atoms with E-state index >= 15 is 0 Å². The molecule has 0 bridgehead atoms. The number of benzene rings is 1. The maximum absolute atomic E-state index is 5.39. The summed E-state index contributed by atoms with van der Waals surface area (Å²) in [6, 6.07) is 8.26. The van der Waals surface area contributed by atoms with Crippen LogP contribution in [0.5, 0.6) is 0 Å². The highest BCUT2D eigenvalue weighted by atomic mass is 16.9. The first-order valence-electron chi connectivity index (χ1n) is 4.84. The first-order chi connectivity index (χ1) is 6.79. The van der Waals surface area contributed by atoms with Crippen molar-refractivity contribution in [3.63, 3.8) is 0 Å². The van der Waals surface area contributed by atoms with Gasteiger partial charge in [-0.1, -0.05) is 24.3 Å². The lowest BCUT2D eigenvalue weighted by atomic mass is 10.1. The molecule has 2 rings (SSSR count). The lowest BCUT2D eigenvalue weighted by Crippen LogP contribution is -2.31. The Morgan fingerprint density at radius 3 is 2.36 bits per heavy atom. The largest absolute Gasteiger partial charge is 0.320 e. The number of rotatable bonds is 3. The quantitative estimate of drug-likeness (QED) is 0.794. The SMILES string of the molecule is CNCc1ccc(C2OC(C)O2)cc1. The maximum Gasteiger partial charge on any atom is 0.189 e. The second-order valence-corrected chi connectivity index (χ2v) is 3.44. The van der Waals surface area contributed by atoms with Crippen LogP contribution in [-0.4, -0.2) is 13.3 Å². The van der Waals surface area contributed by atoms with Gasteiger partial charge in [0.1, 0.15) is 0 Å². The first-order valence-corrected chi connectivity index (χ1v) is 4.84. The van der Waals surface area contributed by atoms with Gasteiger partial charge >= 0.3 is 0 Å². The van der Waals surface area contributed by atoms with Gasteiger partial charge in [-0.25, -0.2) is 0 Å². The molecular weight excluding hydrogens is 178 g/mol. The Morgan fingerprint density at radius 1 is 1.21 bits per heavy atom. The van der Waals surface area contributed by atoms with Crippen LogP contribution in [0.3, 0.4) is 0 Å². The van der Waals surface area contributed by atoms with Gasteiger partial charge in [0.25, 0.3) is 0 Å². The Morgan fingerprint density at radius 2 is 1.86 bits per heavy atom. The summed E-state index contributed by atoms with van der Waals surface area (Å²) in [4.78, 5) is 0. The zero-order valence-corrected chi connectivity index (χ0v) is 8.49. The fourth-order valence-corrected chi connectivity index (χ4v) is 1.51. The molecular formula is C11H15NO2. The molecule has 0 spiro atoms. The molecule has 1 fully saturated rings. The van der Waals surface area contributed by atoms with E-state index in [1.54, 1.807) is 0 Å². The summed E-state index contributed by atoms with van der Waals surface area (Å²) in [5.74, 6) is 0. The second kappa shape index (κ2) is 4.09. The van der Waals surface area contributed by atoms with Crippen molar-refractivity contribution in [1.82, 2.24) is 5.32 Å². The highest BCUT2D eigenvalue weighted by Gasteiger charge is 2.27. The number of ether oxygens (including phenoxy) is 2. The van der Waals surface area contributed by atoms with Gasteiger partial charge in [0.05, 0.1) is 0 Å². The summed E-state index contributed by atoms with van der Waals surface area (Å²) in [7, 11) is 1.94. The van der Waals surface area contributed by atoms with Gasteiger partial charge in [0.15, 0.2) is 12.6 Å². The molecule has 14 heavy (non-hydrogen) atoms. The molecule has 0 amide bonds. The van der Waals surface area contributed by atoms with Gasteiger partial charge in [0.2, 0.25) is 0 Å². The average Bonchev–Trinajstić information content (AvgIpc) is 2.15. The van der Waals surface area contributed by atoms with Crippen LogP contribution < -0.4 is 5.32 Å². The summed E-state index contributed by atoms with van der Waals surface area (Å²) in [6.45, 7) is 2.79. The van der Waals surface area contributed by atoms with Crippen LogP contribution >= 0.6 is 0 Å². The highest BCUT2D eigenvalue weighted by Crippen LogP contribution is 2.31. The van der Waals surface area contributed by atoms with Crippen LogP contribution in [0.1, 0.15) is 24.3 Å². The topological polar surface area (TPSA) is 30.5 Å². The van der Waals surface area contributed by atoms with Crippen LogP contribution in [0.4, 0.5) is 0 Å². The van der Waals surface area contributed by atoms with Crippen LogP contribution in [0, 0.1) is 0 Å². The monoisotopic (exact) mass is 193 g/mol. The smallest absolute Gasteiger partial charge is 0.189 e. The van der Waals surface area contributed by atoms with E-state index in [0.717, 1.165) is 12.1 Å². The molecule has 1 heterocycles. The van der Waals surface area contributed by atoms with Gasteiger partial charge in [0, 0.05) is 12.1 Å². The molecule has 1 aliphatic heterocycles. The molecule has 1 aliphatic rings. The zero-order valence-electron chi connectivity index (χ0n) is 8.49. The predicted octanol–water partition coefficient (Wildman–Crippen LogP) is 1.80. The van der Waals surface area contributed by atoms with Crippen molar-refractivity contribution < 1.29 is 9.47 Å². The van der Waals surface area contributed by atoms with Crippen molar-refractivity contribution in [2.45, 2.75) is 26.0 Å². The van der Waals surface area contributed by atoms with Crippen molar-refractivity contribution in [1.29, 1.82) is 0 Å². The van der Waals surface area contributed by atoms with Gasteiger partial charge in [-0.05, 0) is 19.5 Å². The fraction of sp³-hybridized carbons (Fsp3) is 0.455. The van der Waals surface area contributed by atoms with E-state index in [-0.39, 0.29) is 12.6 Å². The van der Waals surface area contributed by atoms with E-state index in [1.165, 1.54) is 5.56 Å². The summed E-state index contributed by atoms with van der Waals surface area (Å²) in [5.41, 5.74) is 2.35. The zero-order chi connectivity index (χ0) is 9.97. The fourth-order valence-electron chi connectivity index (χ4n) is 1.51. The van der Waals surface area contributed by atoms with Crippen LogP contribution in [0.25, 0.3) is 0 Å². The maximum atomic E-state index is 5.39. The first kappa shape index (κ1) is 9.65. The summed E-state index contributed by atoms with van der Waals surface area (Å²) < 4.78 is 10.8. The lowest BCUT2D eigenvalue weighted by Gasteiger charge is -2.33. The number of nitrogens with one attached hydrogen (secondary N) is 1. The number of hydrogen-bond donors (Lipinski definition) is 1. The second-order valence-electron chi connectivity index (χ2n) is 3.44. The van der Waals surface area contributed by atoms with E-state index in [1.807, 2.05) is 26.1 Å². The molecule has 1 saturated heterocycles. The van der Waals surface area contributed by atoms with Gasteiger partial charge in [-0.2, -0.15) is 0 Å². The van der Waals surface area contributed by atoms with Crippen LogP contribution in [0.2, 0.25) is 0 Å².